The molecule has 0 aliphatic carbocycles. The molecule has 3 aromatic rings. The number of amides is 1. The lowest BCUT2D eigenvalue weighted by Gasteiger charge is -2.19. The van der Waals surface area contributed by atoms with E-state index in [0.29, 0.717) is 16.4 Å². The largest absolute Gasteiger partial charge is 0.337 e. The van der Waals surface area contributed by atoms with E-state index < -0.39 is 5.82 Å². The van der Waals surface area contributed by atoms with Gasteiger partial charge in [-0.1, -0.05) is 22.8 Å². The van der Waals surface area contributed by atoms with Gasteiger partial charge >= 0.3 is 0 Å². The summed E-state index contributed by atoms with van der Waals surface area (Å²) in [5.74, 6) is 0.00850. The Kier molecular flexibility index (Phi) is 5.43. The van der Waals surface area contributed by atoms with Gasteiger partial charge in [0.05, 0.1) is 0 Å². The molecule has 0 aliphatic heterocycles. The van der Waals surface area contributed by atoms with Crippen LogP contribution in [-0.2, 0) is 6.54 Å². The number of benzene rings is 2. The highest BCUT2D eigenvalue weighted by Crippen LogP contribution is 2.19. The number of halogens is 2. The Balaban J connectivity index is 1.78. The van der Waals surface area contributed by atoms with Gasteiger partial charge in [0.2, 0.25) is 11.7 Å². The van der Waals surface area contributed by atoms with E-state index in [0.717, 1.165) is 5.56 Å². The molecule has 132 valence electrons. The molecular formula is C19H15ClFN3O2. The standard InChI is InChI=1S/C19H15ClFN3O2/c1-2-11-24(19(25)14-5-9-16(21)10-6-14)12-17-22-18(23-26-17)13-3-7-15(20)8-4-13/h2-10H,1,11-12H2. The van der Waals surface area contributed by atoms with Gasteiger partial charge in [-0.3, -0.25) is 4.79 Å². The van der Waals surface area contributed by atoms with Crippen molar-refractivity contribution >= 4 is 17.5 Å². The SMILES string of the molecule is C=CCN(Cc1nc(-c2ccc(Cl)cc2)no1)C(=O)c1ccc(F)cc1. The Morgan fingerprint density at radius 2 is 1.88 bits per heavy atom. The van der Waals surface area contributed by atoms with E-state index in [1.54, 1.807) is 30.3 Å². The topological polar surface area (TPSA) is 59.2 Å². The number of hydrogen-bond donors (Lipinski definition) is 0. The second kappa shape index (κ2) is 7.93. The molecule has 0 aliphatic rings. The molecule has 0 radical (unpaired) electrons. The minimum atomic E-state index is -0.402. The van der Waals surface area contributed by atoms with Crippen molar-refractivity contribution in [3.63, 3.8) is 0 Å². The van der Waals surface area contributed by atoms with Gasteiger partial charge < -0.3 is 9.42 Å². The van der Waals surface area contributed by atoms with E-state index in [1.807, 2.05) is 0 Å². The summed E-state index contributed by atoms with van der Waals surface area (Å²) in [4.78, 5) is 18.4. The fourth-order valence-corrected chi connectivity index (χ4v) is 2.47. The van der Waals surface area contributed by atoms with Crippen LogP contribution in [-0.4, -0.2) is 27.5 Å². The Labute approximate surface area is 154 Å². The first-order valence-electron chi connectivity index (χ1n) is 7.81. The summed E-state index contributed by atoms with van der Waals surface area (Å²) in [5.41, 5.74) is 1.12. The van der Waals surface area contributed by atoms with Crippen LogP contribution in [0.25, 0.3) is 11.4 Å². The molecule has 0 unspecified atom stereocenters. The number of nitrogens with zero attached hydrogens (tertiary/aromatic N) is 3. The third-order valence-corrected chi connectivity index (χ3v) is 3.88. The van der Waals surface area contributed by atoms with Crippen molar-refractivity contribution in [2.45, 2.75) is 6.54 Å². The van der Waals surface area contributed by atoms with Gasteiger partial charge in [-0.05, 0) is 48.5 Å². The van der Waals surface area contributed by atoms with Crippen LogP contribution < -0.4 is 0 Å². The maximum atomic E-state index is 13.1. The Morgan fingerprint density at radius 3 is 2.54 bits per heavy atom. The zero-order valence-electron chi connectivity index (χ0n) is 13.7. The first-order chi connectivity index (χ1) is 12.6. The molecule has 0 saturated heterocycles. The van der Waals surface area contributed by atoms with Crippen LogP contribution in [0, 0.1) is 5.82 Å². The van der Waals surface area contributed by atoms with Gasteiger partial charge in [0.25, 0.3) is 5.91 Å². The van der Waals surface area contributed by atoms with Gasteiger partial charge in [0, 0.05) is 22.7 Å². The van der Waals surface area contributed by atoms with Gasteiger partial charge in [-0.25, -0.2) is 4.39 Å². The van der Waals surface area contributed by atoms with Crippen LogP contribution in [0.1, 0.15) is 16.2 Å². The molecule has 0 spiro atoms. The van der Waals surface area contributed by atoms with E-state index in [9.17, 15) is 9.18 Å². The number of carbonyl (C=O) groups is 1. The van der Waals surface area contributed by atoms with Crippen LogP contribution in [0.15, 0.2) is 65.7 Å². The first kappa shape index (κ1) is 17.8. The molecule has 26 heavy (non-hydrogen) atoms. The van der Waals surface area contributed by atoms with Crippen molar-refractivity contribution in [3.05, 3.63) is 83.5 Å². The highest BCUT2D eigenvalue weighted by molar-refractivity contribution is 6.30. The van der Waals surface area contributed by atoms with Gasteiger partial charge in [0.15, 0.2) is 0 Å². The molecule has 7 heteroatoms. The summed E-state index contributed by atoms with van der Waals surface area (Å²) >= 11 is 5.87. The summed E-state index contributed by atoms with van der Waals surface area (Å²) in [7, 11) is 0. The molecule has 5 nitrogen and oxygen atoms in total. The van der Waals surface area contributed by atoms with E-state index in [-0.39, 0.29) is 24.9 Å². The van der Waals surface area contributed by atoms with Gasteiger partial charge in [-0.15, -0.1) is 6.58 Å². The van der Waals surface area contributed by atoms with Crippen molar-refractivity contribution < 1.29 is 13.7 Å². The average molecular weight is 372 g/mol. The molecule has 0 N–H and O–H groups in total. The minimum absolute atomic E-state index is 0.114. The summed E-state index contributed by atoms with van der Waals surface area (Å²) in [6.07, 6.45) is 1.60. The molecular weight excluding hydrogens is 357 g/mol. The fraction of sp³-hybridized carbons (Fsp3) is 0.105. The summed E-state index contributed by atoms with van der Waals surface area (Å²) in [6.45, 7) is 4.06. The maximum Gasteiger partial charge on any atom is 0.254 e. The zero-order chi connectivity index (χ0) is 18.5. The van der Waals surface area contributed by atoms with Crippen molar-refractivity contribution in [1.82, 2.24) is 15.0 Å². The smallest absolute Gasteiger partial charge is 0.254 e. The normalized spacial score (nSPS) is 10.5. The number of hydrogen-bond acceptors (Lipinski definition) is 4. The molecule has 1 amide bonds. The van der Waals surface area contributed by atoms with Crippen molar-refractivity contribution in [2.75, 3.05) is 6.54 Å². The highest BCUT2D eigenvalue weighted by atomic mass is 35.5. The van der Waals surface area contributed by atoms with Gasteiger partial charge in [-0.2, -0.15) is 4.98 Å². The quantitative estimate of drug-likeness (QED) is 0.604. The lowest BCUT2D eigenvalue weighted by molar-refractivity contribution is 0.0745. The molecule has 0 fully saturated rings. The molecule has 0 saturated carbocycles. The molecule has 0 bridgehead atoms. The molecule has 2 aromatic carbocycles. The zero-order valence-corrected chi connectivity index (χ0v) is 14.5. The van der Waals surface area contributed by atoms with E-state index in [2.05, 4.69) is 16.7 Å². The van der Waals surface area contributed by atoms with E-state index in [4.69, 9.17) is 16.1 Å². The number of rotatable bonds is 6. The van der Waals surface area contributed by atoms with Gasteiger partial charge in [0.1, 0.15) is 12.4 Å². The van der Waals surface area contributed by atoms with Crippen LogP contribution in [0.3, 0.4) is 0 Å². The van der Waals surface area contributed by atoms with Crippen LogP contribution in [0.4, 0.5) is 4.39 Å². The van der Waals surface area contributed by atoms with Crippen molar-refractivity contribution in [1.29, 1.82) is 0 Å². The molecule has 1 heterocycles. The number of aromatic nitrogens is 2. The van der Waals surface area contributed by atoms with Crippen molar-refractivity contribution in [3.8, 4) is 11.4 Å². The van der Waals surface area contributed by atoms with E-state index >= 15 is 0 Å². The summed E-state index contributed by atoms with van der Waals surface area (Å²) in [5, 5.41) is 4.54. The maximum absolute atomic E-state index is 13.1. The Bertz CT molecular complexity index is 907. The Hall–Kier alpha value is -2.99. The van der Waals surface area contributed by atoms with Crippen LogP contribution in [0.2, 0.25) is 5.02 Å². The third kappa shape index (κ3) is 4.15. The molecule has 1 aromatic heterocycles. The van der Waals surface area contributed by atoms with Crippen LogP contribution >= 0.6 is 11.6 Å². The second-order valence-electron chi connectivity index (χ2n) is 5.50. The lowest BCUT2D eigenvalue weighted by Crippen LogP contribution is -2.30. The predicted molar refractivity (Wildman–Crippen MR) is 96.1 cm³/mol. The third-order valence-electron chi connectivity index (χ3n) is 3.62. The average Bonchev–Trinajstić information content (AvgIpc) is 3.10. The fourth-order valence-electron chi connectivity index (χ4n) is 2.35. The predicted octanol–water partition coefficient (Wildman–Crippen LogP) is 4.36. The molecule has 3 rings (SSSR count). The van der Waals surface area contributed by atoms with Crippen LogP contribution in [0.5, 0.6) is 0 Å². The summed E-state index contributed by atoms with van der Waals surface area (Å²) < 4.78 is 18.3. The monoisotopic (exact) mass is 371 g/mol. The van der Waals surface area contributed by atoms with Crippen molar-refractivity contribution in [2.24, 2.45) is 0 Å². The number of carbonyl (C=O) groups excluding carboxylic acids is 1. The highest BCUT2D eigenvalue weighted by Gasteiger charge is 2.18. The lowest BCUT2D eigenvalue weighted by atomic mass is 10.2. The minimum Gasteiger partial charge on any atom is -0.337 e. The molecule has 0 atom stereocenters. The summed E-state index contributed by atoms with van der Waals surface area (Å²) in [6, 6.07) is 12.4. The second-order valence-corrected chi connectivity index (χ2v) is 5.94. The Morgan fingerprint density at radius 1 is 1.19 bits per heavy atom. The first-order valence-corrected chi connectivity index (χ1v) is 8.19. The van der Waals surface area contributed by atoms with E-state index in [1.165, 1.54) is 29.2 Å².